The van der Waals surface area contributed by atoms with E-state index in [1.165, 1.54) is 6.07 Å². The largest absolute Gasteiger partial charge is 0.506 e. The van der Waals surface area contributed by atoms with Crippen LogP contribution < -0.4 is 5.32 Å². The number of ether oxygens (including phenoxy) is 5. The second-order valence-electron chi connectivity index (χ2n) is 7.60. The number of rotatable bonds is 2. The molecule has 0 bridgehead atoms. The molecule has 0 radical (unpaired) electrons. The van der Waals surface area contributed by atoms with E-state index < -0.39 is 48.2 Å². The number of phenolic OH excluding ortho intramolecular Hbond substituents is 1. The molecule has 1 aromatic rings. The summed E-state index contributed by atoms with van der Waals surface area (Å²) in [5.41, 5.74) is 0.293. The van der Waals surface area contributed by atoms with Crippen LogP contribution in [0.25, 0.3) is 0 Å². The number of aromatic hydroxyl groups is 1. The fourth-order valence-electron chi connectivity index (χ4n) is 3.61. The number of hydrogen-bond acceptors (Lipinski definition) is 7. The summed E-state index contributed by atoms with van der Waals surface area (Å²) in [7, 11) is 0. The summed E-state index contributed by atoms with van der Waals surface area (Å²) >= 11 is 0. The summed E-state index contributed by atoms with van der Waals surface area (Å²) in [6.45, 7) is 7.11. The molecule has 3 aliphatic rings. The van der Waals surface area contributed by atoms with Gasteiger partial charge >= 0.3 is 0 Å². The molecule has 8 nitrogen and oxygen atoms in total. The van der Waals surface area contributed by atoms with Crippen molar-refractivity contribution in [1.82, 2.24) is 0 Å². The van der Waals surface area contributed by atoms with E-state index in [1.54, 1.807) is 45.9 Å². The molecule has 2 N–H and O–H groups in total. The number of anilines is 1. The Hall–Kier alpha value is -1.71. The number of phenols is 1. The van der Waals surface area contributed by atoms with Crippen LogP contribution in [-0.4, -0.2) is 53.3 Å². The Kier molecular flexibility index (Phi) is 4.01. The molecule has 3 heterocycles. The van der Waals surface area contributed by atoms with Gasteiger partial charge in [-0.1, -0.05) is 12.1 Å². The molecule has 0 spiro atoms. The number of fused-ring (bicyclic) bond motifs is 3. The number of hydrogen-bond donors (Lipinski definition) is 2. The Balaban J connectivity index is 1.59. The molecule has 3 aliphatic heterocycles. The van der Waals surface area contributed by atoms with Gasteiger partial charge in [-0.2, -0.15) is 0 Å². The van der Waals surface area contributed by atoms with E-state index in [1.807, 2.05) is 0 Å². The third kappa shape index (κ3) is 3.08. The van der Waals surface area contributed by atoms with E-state index >= 15 is 0 Å². The highest BCUT2D eigenvalue weighted by Crippen LogP contribution is 2.44. The van der Waals surface area contributed by atoms with Gasteiger partial charge in [0.05, 0.1) is 5.69 Å². The van der Waals surface area contributed by atoms with E-state index in [0.717, 1.165) is 0 Å². The van der Waals surface area contributed by atoms with Crippen LogP contribution >= 0.6 is 0 Å². The van der Waals surface area contributed by atoms with Crippen molar-refractivity contribution in [3.8, 4) is 5.75 Å². The monoisotopic (exact) mass is 365 g/mol. The highest BCUT2D eigenvalue weighted by Gasteiger charge is 2.62. The molecule has 26 heavy (non-hydrogen) atoms. The van der Waals surface area contributed by atoms with Gasteiger partial charge in [-0.15, -0.1) is 0 Å². The maximum Gasteiger partial charge on any atom is 0.256 e. The van der Waals surface area contributed by atoms with Crippen molar-refractivity contribution in [2.75, 3.05) is 5.32 Å². The topological polar surface area (TPSA) is 95.5 Å². The minimum atomic E-state index is -0.972. The van der Waals surface area contributed by atoms with Crippen LogP contribution in [-0.2, 0) is 28.5 Å². The first-order valence-electron chi connectivity index (χ1n) is 8.61. The van der Waals surface area contributed by atoms with Gasteiger partial charge < -0.3 is 34.1 Å². The van der Waals surface area contributed by atoms with Gasteiger partial charge in [-0.05, 0) is 39.8 Å². The number of carbonyl (C=O) groups is 1. The van der Waals surface area contributed by atoms with Gasteiger partial charge in [0.2, 0.25) is 0 Å². The molecular weight excluding hydrogens is 342 g/mol. The van der Waals surface area contributed by atoms with Crippen molar-refractivity contribution < 1.29 is 33.6 Å². The van der Waals surface area contributed by atoms with Crippen molar-refractivity contribution in [2.45, 2.75) is 70.0 Å². The Labute approximate surface area is 151 Å². The number of benzene rings is 1. The lowest BCUT2D eigenvalue weighted by Gasteiger charge is -2.36. The van der Waals surface area contributed by atoms with Gasteiger partial charge in [0.25, 0.3) is 5.91 Å². The molecule has 8 heteroatoms. The van der Waals surface area contributed by atoms with Gasteiger partial charge in [0.1, 0.15) is 24.1 Å². The van der Waals surface area contributed by atoms with Crippen LogP contribution in [0.4, 0.5) is 5.69 Å². The summed E-state index contributed by atoms with van der Waals surface area (Å²) in [4.78, 5) is 12.8. The van der Waals surface area contributed by atoms with E-state index in [0.29, 0.717) is 5.69 Å². The van der Waals surface area contributed by atoms with Crippen LogP contribution in [0.5, 0.6) is 5.75 Å². The third-order valence-electron chi connectivity index (χ3n) is 4.57. The maximum absolute atomic E-state index is 12.8. The Bertz CT molecular complexity index is 719. The summed E-state index contributed by atoms with van der Waals surface area (Å²) < 4.78 is 29.5. The molecule has 0 aliphatic carbocycles. The van der Waals surface area contributed by atoms with Crippen molar-refractivity contribution in [2.24, 2.45) is 0 Å². The summed E-state index contributed by atoms with van der Waals surface area (Å²) in [5.74, 6) is -2.21. The average molecular weight is 365 g/mol. The van der Waals surface area contributed by atoms with Crippen molar-refractivity contribution in [3.05, 3.63) is 24.3 Å². The molecule has 0 saturated carbocycles. The number of para-hydroxylation sites is 2. The molecule has 142 valence electrons. The first-order chi connectivity index (χ1) is 12.2. The second-order valence-corrected chi connectivity index (χ2v) is 7.60. The van der Waals surface area contributed by atoms with E-state index in [4.69, 9.17) is 23.7 Å². The fraction of sp³-hybridized carbons (Fsp3) is 0.611. The molecule has 3 saturated heterocycles. The zero-order valence-corrected chi connectivity index (χ0v) is 15.1. The Morgan fingerprint density at radius 2 is 1.58 bits per heavy atom. The standard InChI is InChI=1S/C18H23NO7/c1-17(2)23-11-12(24-17)14-16(26-18(3,4)25-14)22-13(11)15(21)19-9-7-5-6-8-10(9)20/h5-8,11-14,16,20H,1-4H3,(H,19,21)/t11-,12+,13+,14+,16+/m1/s1. The Morgan fingerprint density at radius 3 is 2.31 bits per heavy atom. The predicted molar refractivity (Wildman–Crippen MR) is 89.3 cm³/mol. The van der Waals surface area contributed by atoms with Crippen LogP contribution in [0.15, 0.2) is 24.3 Å². The molecule has 0 unspecified atom stereocenters. The lowest BCUT2D eigenvalue weighted by Crippen LogP contribution is -2.58. The highest BCUT2D eigenvalue weighted by molar-refractivity contribution is 5.96. The van der Waals surface area contributed by atoms with Crippen LogP contribution in [0.3, 0.4) is 0 Å². The highest BCUT2D eigenvalue weighted by atomic mass is 16.9. The zero-order valence-electron chi connectivity index (χ0n) is 15.1. The van der Waals surface area contributed by atoms with E-state index in [9.17, 15) is 9.90 Å². The molecule has 3 fully saturated rings. The van der Waals surface area contributed by atoms with Crippen molar-refractivity contribution >= 4 is 11.6 Å². The molecule has 4 rings (SSSR count). The first kappa shape index (κ1) is 17.7. The third-order valence-corrected chi connectivity index (χ3v) is 4.57. The van der Waals surface area contributed by atoms with E-state index in [-0.39, 0.29) is 5.75 Å². The van der Waals surface area contributed by atoms with Crippen molar-refractivity contribution in [3.63, 3.8) is 0 Å². The lowest BCUT2D eigenvalue weighted by molar-refractivity contribution is -0.229. The quantitative estimate of drug-likeness (QED) is 0.771. The average Bonchev–Trinajstić information content (AvgIpc) is 3.02. The van der Waals surface area contributed by atoms with Gasteiger partial charge in [0, 0.05) is 0 Å². The fourth-order valence-corrected chi connectivity index (χ4v) is 3.61. The van der Waals surface area contributed by atoms with Gasteiger partial charge in [-0.25, -0.2) is 0 Å². The van der Waals surface area contributed by atoms with Crippen LogP contribution in [0, 0.1) is 0 Å². The minimum Gasteiger partial charge on any atom is -0.506 e. The molecular formula is C18H23NO7. The summed E-state index contributed by atoms with van der Waals surface area (Å²) in [5, 5.41) is 12.6. The van der Waals surface area contributed by atoms with Crippen molar-refractivity contribution in [1.29, 1.82) is 0 Å². The first-order valence-corrected chi connectivity index (χ1v) is 8.61. The summed E-state index contributed by atoms with van der Waals surface area (Å²) in [6.07, 6.45) is -3.38. The summed E-state index contributed by atoms with van der Waals surface area (Å²) in [6, 6.07) is 6.48. The smallest absolute Gasteiger partial charge is 0.256 e. The van der Waals surface area contributed by atoms with Crippen LogP contribution in [0.2, 0.25) is 0 Å². The van der Waals surface area contributed by atoms with E-state index in [2.05, 4.69) is 5.32 Å². The maximum atomic E-state index is 12.8. The Morgan fingerprint density at radius 1 is 0.962 bits per heavy atom. The number of carbonyl (C=O) groups excluding carboxylic acids is 1. The van der Waals surface area contributed by atoms with Gasteiger partial charge in [0.15, 0.2) is 24.0 Å². The second kappa shape index (κ2) is 5.90. The van der Waals surface area contributed by atoms with Crippen LogP contribution in [0.1, 0.15) is 27.7 Å². The zero-order chi connectivity index (χ0) is 18.7. The number of nitrogens with one attached hydrogen (secondary N) is 1. The lowest BCUT2D eigenvalue weighted by atomic mass is 9.98. The SMILES string of the molecule is CC1(C)O[C@@H]2O[C@H](C(=O)Nc3ccccc3O)[C@@H]3OC(C)(C)O[C@@H]3[C@@H]2O1. The molecule has 1 amide bonds. The van der Waals surface area contributed by atoms with Gasteiger partial charge in [-0.3, -0.25) is 4.79 Å². The predicted octanol–water partition coefficient (Wildman–Crippen LogP) is 1.73. The molecule has 1 aromatic carbocycles. The normalized spacial score (nSPS) is 37.0. The molecule has 0 aromatic heterocycles. The molecule has 5 atom stereocenters. The number of amides is 1. The minimum absolute atomic E-state index is 0.0309.